The van der Waals surface area contributed by atoms with Gasteiger partial charge in [0.2, 0.25) is 0 Å². The van der Waals surface area contributed by atoms with Crippen molar-refractivity contribution in [2.45, 2.75) is 45.9 Å². The minimum absolute atomic E-state index is 0.0530. The predicted molar refractivity (Wildman–Crippen MR) is 88.5 cm³/mol. The quantitative estimate of drug-likeness (QED) is 0.850. The first-order chi connectivity index (χ1) is 10.7. The summed E-state index contributed by atoms with van der Waals surface area (Å²) in [5.74, 6) is -0.386. The first kappa shape index (κ1) is 17.5. The Morgan fingerprint density at radius 3 is 2.65 bits per heavy atom. The number of rotatable bonds is 2. The highest BCUT2D eigenvalue weighted by molar-refractivity contribution is 5.68. The first-order valence-electron chi connectivity index (χ1n) is 7.91. The maximum absolute atomic E-state index is 13.5. The number of nitrogens with zero attached hydrogens (tertiary/aromatic N) is 2. The van der Waals surface area contributed by atoms with Crippen LogP contribution in [0.3, 0.4) is 0 Å². The Bertz CT molecular complexity index is 571. The molecule has 1 aromatic carbocycles. The fourth-order valence-electron chi connectivity index (χ4n) is 2.70. The molecule has 0 aromatic heterocycles. The highest BCUT2D eigenvalue weighted by atomic mass is 19.1. The summed E-state index contributed by atoms with van der Waals surface area (Å²) >= 11 is 0. The zero-order valence-electron chi connectivity index (χ0n) is 14.3. The summed E-state index contributed by atoms with van der Waals surface area (Å²) in [7, 11) is 0. The van der Waals surface area contributed by atoms with E-state index in [4.69, 9.17) is 10.5 Å². The number of piperazine rings is 1. The molecule has 1 fully saturated rings. The van der Waals surface area contributed by atoms with Gasteiger partial charge in [0, 0.05) is 32.2 Å². The van der Waals surface area contributed by atoms with Crippen molar-refractivity contribution in [1.29, 1.82) is 0 Å². The maximum Gasteiger partial charge on any atom is 0.410 e. The van der Waals surface area contributed by atoms with Crippen LogP contribution in [0.15, 0.2) is 18.2 Å². The standard InChI is InChI=1S/C17H26FN3O2/c1-12-10-20(11-13-5-6-15(19)14(18)9-13)7-8-21(12)16(22)23-17(2,3)4/h5-6,9,12H,7-8,10-11,19H2,1-4H3/t12-/m0/s1. The van der Waals surface area contributed by atoms with Crippen molar-refractivity contribution in [2.75, 3.05) is 25.4 Å². The second-order valence-electron chi connectivity index (χ2n) is 7.11. The second kappa shape index (κ2) is 6.74. The van der Waals surface area contributed by atoms with Gasteiger partial charge in [0.15, 0.2) is 0 Å². The number of ether oxygens (including phenoxy) is 1. The molecule has 0 unspecified atom stereocenters. The normalized spacial score (nSPS) is 19.7. The van der Waals surface area contributed by atoms with Crippen LogP contribution in [-0.2, 0) is 11.3 Å². The molecule has 1 aliphatic rings. The van der Waals surface area contributed by atoms with E-state index in [0.717, 1.165) is 18.7 Å². The van der Waals surface area contributed by atoms with Gasteiger partial charge in [-0.05, 0) is 45.4 Å². The Morgan fingerprint density at radius 1 is 1.39 bits per heavy atom. The van der Waals surface area contributed by atoms with E-state index in [2.05, 4.69) is 4.90 Å². The van der Waals surface area contributed by atoms with Gasteiger partial charge in [-0.2, -0.15) is 0 Å². The van der Waals surface area contributed by atoms with Crippen LogP contribution in [0.25, 0.3) is 0 Å². The highest BCUT2D eigenvalue weighted by Crippen LogP contribution is 2.18. The van der Waals surface area contributed by atoms with E-state index in [0.29, 0.717) is 13.1 Å². The molecule has 6 heteroatoms. The van der Waals surface area contributed by atoms with Gasteiger partial charge in [-0.1, -0.05) is 6.07 Å². The summed E-state index contributed by atoms with van der Waals surface area (Å²) in [6.07, 6.45) is -0.275. The van der Waals surface area contributed by atoms with E-state index >= 15 is 0 Å². The summed E-state index contributed by atoms with van der Waals surface area (Å²) in [6.45, 7) is 10.3. The molecule has 2 N–H and O–H groups in total. The van der Waals surface area contributed by atoms with Crippen LogP contribution in [0.5, 0.6) is 0 Å². The molecule has 1 amide bonds. The van der Waals surface area contributed by atoms with Crippen LogP contribution in [0.2, 0.25) is 0 Å². The lowest BCUT2D eigenvalue weighted by Crippen LogP contribution is -2.54. The topological polar surface area (TPSA) is 58.8 Å². The van der Waals surface area contributed by atoms with E-state index in [1.165, 1.54) is 6.07 Å². The monoisotopic (exact) mass is 323 g/mol. The third-order valence-corrected chi connectivity index (χ3v) is 3.81. The molecule has 128 valence electrons. The number of amides is 1. The van der Waals surface area contributed by atoms with Crippen LogP contribution >= 0.6 is 0 Å². The van der Waals surface area contributed by atoms with Gasteiger partial charge < -0.3 is 15.4 Å². The molecule has 5 nitrogen and oxygen atoms in total. The molecule has 2 rings (SSSR count). The molecule has 0 saturated carbocycles. The van der Waals surface area contributed by atoms with Crippen molar-refractivity contribution in [3.63, 3.8) is 0 Å². The fraction of sp³-hybridized carbons (Fsp3) is 0.588. The Morgan fingerprint density at radius 2 is 2.09 bits per heavy atom. The number of nitrogen functional groups attached to an aromatic ring is 1. The Hall–Kier alpha value is -1.82. The summed E-state index contributed by atoms with van der Waals surface area (Å²) in [5, 5.41) is 0. The number of hydrogen-bond acceptors (Lipinski definition) is 4. The van der Waals surface area contributed by atoms with Gasteiger partial charge in [0.05, 0.1) is 5.69 Å². The fourth-order valence-corrected chi connectivity index (χ4v) is 2.70. The lowest BCUT2D eigenvalue weighted by Gasteiger charge is -2.40. The molecule has 23 heavy (non-hydrogen) atoms. The number of halogens is 1. The zero-order chi connectivity index (χ0) is 17.2. The largest absolute Gasteiger partial charge is 0.444 e. The number of anilines is 1. The van der Waals surface area contributed by atoms with E-state index < -0.39 is 5.60 Å². The van der Waals surface area contributed by atoms with Gasteiger partial charge in [-0.3, -0.25) is 4.90 Å². The van der Waals surface area contributed by atoms with Gasteiger partial charge in [0.1, 0.15) is 11.4 Å². The maximum atomic E-state index is 13.5. The summed E-state index contributed by atoms with van der Waals surface area (Å²) < 4.78 is 19.0. The van der Waals surface area contributed by atoms with Crippen molar-refractivity contribution in [3.05, 3.63) is 29.6 Å². The predicted octanol–water partition coefficient (Wildman–Crippen LogP) is 2.85. The van der Waals surface area contributed by atoms with Crippen molar-refractivity contribution >= 4 is 11.8 Å². The number of nitrogens with two attached hydrogens (primary N) is 1. The lowest BCUT2D eigenvalue weighted by atomic mass is 10.1. The molecule has 1 atom stereocenters. The van der Waals surface area contributed by atoms with E-state index in [-0.39, 0.29) is 23.6 Å². The summed E-state index contributed by atoms with van der Waals surface area (Å²) in [6, 6.07) is 4.95. The molecule has 1 aliphatic heterocycles. The third kappa shape index (κ3) is 4.82. The number of carbonyl (C=O) groups is 1. The molecule has 1 heterocycles. The lowest BCUT2D eigenvalue weighted by molar-refractivity contribution is 0.000559. The van der Waals surface area contributed by atoms with Crippen molar-refractivity contribution < 1.29 is 13.9 Å². The summed E-state index contributed by atoms with van der Waals surface area (Å²) in [4.78, 5) is 16.2. The average Bonchev–Trinajstić information content (AvgIpc) is 2.41. The van der Waals surface area contributed by atoms with Gasteiger partial charge >= 0.3 is 6.09 Å². The minimum atomic E-state index is -0.491. The third-order valence-electron chi connectivity index (χ3n) is 3.81. The molecule has 0 bridgehead atoms. The highest BCUT2D eigenvalue weighted by Gasteiger charge is 2.30. The van der Waals surface area contributed by atoms with Crippen LogP contribution in [0.4, 0.5) is 14.9 Å². The molecule has 0 aliphatic carbocycles. The number of benzene rings is 1. The molecule has 1 aromatic rings. The number of carbonyl (C=O) groups excluding carboxylic acids is 1. The van der Waals surface area contributed by atoms with Crippen molar-refractivity contribution in [3.8, 4) is 0 Å². The molecule has 1 saturated heterocycles. The average molecular weight is 323 g/mol. The second-order valence-corrected chi connectivity index (χ2v) is 7.11. The first-order valence-corrected chi connectivity index (χ1v) is 7.91. The Kier molecular flexibility index (Phi) is 5.14. The number of hydrogen-bond donors (Lipinski definition) is 1. The van der Waals surface area contributed by atoms with Crippen LogP contribution < -0.4 is 5.73 Å². The van der Waals surface area contributed by atoms with Gasteiger partial charge in [-0.15, -0.1) is 0 Å². The minimum Gasteiger partial charge on any atom is -0.444 e. The van der Waals surface area contributed by atoms with Crippen LogP contribution in [0, 0.1) is 5.82 Å². The molecule has 0 spiro atoms. The van der Waals surface area contributed by atoms with Gasteiger partial charge in [0.25, 0.3) is 0 Å². The van der Waals surface area contributed by atoms with E-state index in [9.17, 15) is 9.18 Å². The smallest absolute Gasteiger partial charge is 0.410 e. The zero-order valence-corrected chi connectivity index (χ0v) is 14.3. The van der Waals surface area contributed by atoms with E-state index in [1.807, 2.05) is 33.8 Å². The molecule has 0 radical (unpaired) electrons. The Balaban J connectivity index is 1.93. The van der Waals surface area contributed by atoms with E-state index in [1.54, 1.807) is 11.0 Å². The van der Waals surface area contributed by atoms with Crippen LogP contribution in [-0.4, -0.2) is 47.2 Å². The van der Waals surface area contributed by atoms with Crippen molar-refractivity contribution in [2.24, 2.45) is 0 Å². The Labute approximate surface area is 137 Å². The van der Waals surface area contributed by atoms with Gasteiger partial charge in [-0.25, -0.2) is 9.18 Å². The molecular formula is C17H26FN3O2. The SMILES string of the molecule is C[C@H]1CN(Cc2ccc(N)c(F)c2)CCN1C(=O)OC(C)(C)C. The molecular weight excluding hydrogens is 297 g/mol. The van der Waals surface area contributed by atoms with Crippen molar-refractivity contribution in [1.82, 2.24) is 9.80 Å². The summed E-state index contributed by atoms with van der Waals surface area (Å²) in [5.41, 5.74) is 6.06. The van der Waals surface area contributed by atoms with Crippen LogP contribution in [0.1, 0.15) is 33.3 Å².